The molecule has 1 N–H and O–H groups in total. The van der Waals surface area contributed by atoms with Crippen molar-refractivity contribution in [1.29, 1.82) is 0 Å². The Morgan fingerprint density at radius 1 is 1.44 bits per heavy atom. The molecular formula is C11H9NO6. The number of benzene rings is 1. The van der Waals surface area contributed by atoms with Gasteiger partial charge >= 0.3 is 5.97 Å². The van der Waals surface area contributed by atoms with E-state index in [0.717, 1.165) is 12.1 Å². The topological polar surface area (TPSA) is 107 Å². The van der Waals surface area contributed by atoms with Crippen molar-refractivity contribution >= 4 is 24.0 Å². The van der Waals surface area contributed by atoms with Crippen molar-refractivity contribution in [3.05, 3.63) is 39.4 Å². The van der Waals surface area contributed by atoms with Crippen LogP contribution in [0.25, 0.3) is 6.08 Å². The van der Waals surface area contributed by atoms with Crippen LogP contribution in [0.3, 0.4) is 0 Å². The van der Waals surface area contributed by atoms with Gasteiger partial charge < -0.3 is 9.84 Å². The Bertz CT molecular complexity index is 535. The fourth-order valence-electron chi connectivity index (χ4n) is 1.32. The summed E-state index contributed by atoms with van der Waals surface area (Å²) in [6.07, 6.45) is 2.37. The summed E-state index contributed by atoms with van der Waals surface area (Å²) in [5, 5.41) is 19.2. The van der Waals surface area contributed by atoms with Crippen LogP contribution in [0.15, 0.2) is 18.2 Å². The minimum absolute atomic E-state index is 0.116. The number of rotatable bonds is 5. The van der Waals surface area contributed by atoms with E-state index >= 15 is 0 Å². The molecule has 0 fully saturated rings. The van der Waals surface area contributed by atoms with Crippen molar-refractivity contribution in [3.8, 4) is 5.75 Å². The molecule has 7 heteroatoms. The summed E-state index contributed by atoms with van der Waals surface area (Å²) in [5.74, 6) is -1.06. The number of methoxy groups -OCH3 is 1. The number of nitro benzene ring substituents is 1. The quantitative estimate of drug-likeness (QED) is 0.368. The Balaban J connectivity index is 3.39. The third-order valence-corrected chi connectivity index (χ3v) is 2.11. The lowest BCUT2D eigenvalue weighted by molar-refractivity contribution is -0.385. The van der Waals surface area contributed by atoms with Gasteiger partial charge in [0.15, 0.2) is 6.29 Å². The Morgan fingerprint density at radius 2 is 2.11 bits per heavy atom. The molecule has 0 saturated carbocycles. The van der Waals surface area contributed by atoms with Gasteiger partial charge in [0.25, 0.3) is 5.69 Å². The van der Waals surface area contributed by atoms with Gasteiger partial charge in [0, 0.05) is 11.6 Å². The molecule has 0 atom stereocenters. The highest BCUT2D eigenvalue weighted by molar-refractivity contribution is 5.88. The number of aldehydes is 1. The Labute approximate surface area is 101 Å². The molecule has 0 heterocycles. The maximum Gasteiger partial charge on any atom is 0.328 e. The second-order valence-corrected chi connectivity index (χ2v) is 3.20. The predicted molar refractivity (Wildman–Crippen MR) is 61.7 cm³/mol. The van der Waals surface area contributed by atoms with Gasteiger partial charge in [-0.1, -0.05) is 0 Å². The molecule has 0 radical (unpaired) electrons. The number of ether oxygens (including phenoxy) is 1. The van der Waals surface area contributed by atoms with E-state index < -0.39 is 16.6 Å². The molecule has 0 saturated heterocycles. The zero-order chi connectivity index (χ0) is 13.7. The van der Waals surface area contributed by atoms with E-state index in [0.29, 0.717) is 6.29 Å². The lowest BCUT2D eigenvalue weighted by Crippen LogP contribution is -1.98. The Hall–Kier alpha value is -2.70. The molecule has 0 aromatic heterocycles. The highest BCUT2D eigenvalue weighted by Crippen LogP contribution is 2.28. The van der Waals surface area contributed by atoms with Crippen LogP contribution in [0.4, 0.5) is 5.69 Å². The second kappa shape index (κ2) is 5.58. The SMILES string of the molecule is COc1cc([N+](=O)[O-])c(C=O)cc1/C=C/C(=O)O. The highest BCUT2D eigenvalue weighted by Gasteiger charge is 2.17. The predicted octanol–water partition coefficient (Wildman–Crippen LogP) is 1.51. The Kier molecular flexibility index (Phi) is 4.14. The minimum Gasteiger partial charge on any atom is -0.496 e. The monoisotopic (exact) mass is 251 g/mol. The number of aliphatic carboxylic acids is 1. The molecule has 0 aliphatic carbocycles. The summed E-state index contributed by atoms with van der Waals surface area (Å²) in [7, 11) is 1.29. The number of hydrogen-bond donors (Lipinski definition) is 1. The standard InChI is InChI=1S/C11H9NO6/c1-18-10-5-9(12(16)17)8(6-13)4-7(10)2-3-11(14)15/h2-6H,1H3,(H,14,15)/b3-2+. The third kappa shape index (κ3) is 2.91. The fourth-order valence-corrected chi connectivity index (χ4v) is 1.32. The summed E-state index contributed by atoms with van der Waals surface area (Å²) in [6.45, 7) is 0. The molecule has 0 unspecified atom stereocenters. The number of carbonyl (C=O) groups is 2. The van der Waals surface area contributed by atoms with Crippen molar-refractivity contribution in [3.63, 3.8) is 0 Å². The van der Waals surface area contributed by atoms with Crippen LogP contribution in [0.2, 0.25) is 0 Å². The molecule has 7 nitrogen and oxygen atoms in total. The summed E-state index contributed by atoms with van der Waals surface area (Å²) < 4.78 is 4.90. The molecule has 1 aromatic rings. The maximum absolute atomic E-state index is 10.7. The van der Waals surface area contributed by atoms with Crippen molar-refractivity contribution < 1.29 is 24.4 Å². The summed E-state index contributed by atoms with van der Waals surface area (Å²) >= 11 is 0. The minimum atomic E-state index is -1.18. The van der Waals surface area contributed by atoms with E-state index in [-0.39, 0.29) is 16.9 Å². The van der Waals surface area contributed by atoms with Gasteiger partial charge in [-0.3, -0.25) is 14.9 Å². The van der Waals surface area contributed by atoms with Crippen molar-refractivity contribution in [1.82, 2.24) is 0 Å². The summed E-state index contributed by atoms with van der Waals surface area (Å²) in [5.41, 5.74) is -0.271. The first kappa shape index (κ1) is 13.4. The molecule has 0 bridgehead atoms. The fraction of sp³-hybridized carbons (Fsp3) is 0.0909. The number of carboxylic acids is 1. The Morgan fingerprint density at radius 3 is 2.56 bits per heavy atom. The van der Waals surface area contributed by atoms with E-state index in [2.05, 4.69) is 0 Å². The van der Waals surface area contributed by atoms with Crippen LogP contribution in [0.5, 0.6) is 5.75 Å². The van der Waals surface area contributed by atoms with Crippen LogP contribution < -0.4 is 4.74 Å². The molecule has 1 aromatic carbocycles. The van der Waals surface area contributed by atoms with Crippen LogP contribution in [-0.4, -0.2) is 29.4 Å². The van der Waals surface area contributed by atoms with Crippen molar-refractivity contribution in [2.24, 2.45) is 0 Å². The number of hydrogen-bond acceptors (Lipinski definition) is 5. The van der Waals surface area contributed by atoms with E-state index in [9.17, 15) is 19.7 Å². The summed E-state index contributed by atoms with van der Waals surface area (Å²) in [6, 6.07) is 2.27. The number of carboxylic acid groups (broad SMARTS) is 1. The number of nitro groups is 1. The van der Waals surface area contributed by atoms with Crippen molar-refractivity contribution in [2.45, 2.75) is 0 Å². The number of carbonyl (C=O) groups excluding carboxylic acids is 1. The first-order chi connectivity index (χ1) is 8.49. The normalized spacial score (nSPS) is 10.3. The molecule has 0 amide bonds. The lowest BCUT2D eigenvalue weighted by Gasteiger charge is -2.05. The average Bonchev–Trinajstić information content (AvgIpc) is 2.34. The van der Waals surface area contributed by atoms with Crippen molar-refractivity contribution in [2.75, 3.05) is 7.11 Å². The maximum atomic E-state index is 10.7. The third-order valence-electron chi connectivity index (χ3n) is 2.11. The lowest BCUT2D eigenvalue weighted by atomic mass is 10.1. The second-order valence-electron chi connectivity index (χ2n) is 3.20. The van der Waals surface area contributed by atoms with Gasteiger partial charge in [-0.15, -0.1) is 0 Å². The van der Waals surface area contributed by atoms with Gasteiger partial charge in [0.2, 0.25) is 0 Å². The average molecular weight is 251 g/mol. The van der Waals surface area contributed by atoms with Gasteiger partial charge in [-0.05, 0) is 12.1 Å². The molecule has 18 heavy (non-hydrogen) atoms. The molecule has 0 spiro atoms. The van der Waals surface area contributed by atoms with E-state index in [4.69, 9.17) is 9.84 Å². The van der Waals surface area contributed by atoms with Crippen LogP contribution in [0, 0.1) is 10.1 Å². The first-order valence-electron chi connectivity index (χ1n) is 4.72. The largest absolute Gasteiger partial charge is 0.496 e. The van der Waals surface area contributed by atoms with E-state index in [1.54, 1.807) is 0 Å². The van der Waals surface area contributed by atoms with Crippen LogP contribution in [0.1, 0.15) is 15.9 Å². The van der Waals surface area contributed by atoms with E-state index in [1.807, 2.05) is 0 Å². The molecular weight excluding hydrogens is 242 g/mol. The molecule has 0 aliphatic heterocycles. The summed E-state index contributed by atoms with van der Waals surface area (Å²) in [4.78, 5) is 31.1. The zero-order valence-electron chi connectivity index (χ0n) is 9.32. The number of nitrogens with zero attached hydrogens (tertiary/aromatic N) is 1. The van der Waals surface area contributed by atoms with E-state index in [1.165, 1.54) is 19.3 Å². The first-order valence-corrected chi connectivity index (χ1v) is 4.72. The van der Waals surface area contributed by atoms with Gasteiger partial charge in [-0.2, -0.15) is 0 Å². The van der Waals surface area contributed by atoms with Crippen LogP contribution >= 0.6 is 0 Å². The molecule has 0 aliphatic rings. The molecule has 1 rings (SSSR count). The van der Waals surface area contributed by atoms with Gasteiger partial charge in [-0.25, -0.2) is 4.79 Å². The van der Waals surface area contributed by atoms with Gasteiger partial charge in [0.05, 0.1) is 23.7 Å². The highest BCUT2D eigenvalue weighted by atomic mass is 16.6. The molecule has 94 valence electrons. The van der Waals surface area contributed by atoms with Gasteiger partial charge in [0.1, 0.15) is 5.75 Å². The smallest absolute Gasteiger partial charge is 0.328 e. The van der Waals surface area contributed by atoms with Crippen LogP contribution in [-0.2, 0) is 4.79 Å². The zero-order valence-corrected chi connectivity index (χ0v) is 9.32.